The van der Waals surface area contributed by atoms with Crippen LogP contribution >= 0.6 is 0 Å². The Morgan fingerprint density at radius 3 is 2.57 bits per heavy atom. The Kier molecular flexibility index (Phi) is 6.21. The van der Waals surface area contributed by atoms with Crippen molar-refractivity contribution >= 4 is 17.6 Å². The maximum atomic E-state index is 12.4. The number of anilines is 2. The summed E-state index contributed by atoms with van der Waals surface area (Å²) in [6.07, 6.45) is 1.73. The molecule has 0 bridgehead atoms. The van der Waals surface area contributed by atoms with Crippen molar-refractivity contribution in [2.24, 2.45) is 0 Å². The fourth-order valence-electron chi connectivity index (χ4n) is 5.47. The highest BCUT2D eigenvalue weighted by atomic mass is 16.6. The number of hydrogen-bond donors (Lipinski definition) is 2. The van der Waals surface area contributed by atoms with Gasteiger partial charge in [0.2, 0.25) is 0 Å². The number of aromatic hydroxyl groups is 1. The Morgan fingerprint density at radius 1 is 1.11 bits per heavy atom. The van der Waals surface area contributed by atoms with Crippen molar-refractivity contribution in [2.75, 3.05) is 42.9 Å². The van der Waals surface area contributed by atoms with Gasteiger partial charge in [-0.1, -0.05) is 12.1 Å². The van der Waals surface area contributed by atoms with Crippen molar-refractivity contribution in [2.45, 2.75) is 64.3 Å². The fraction of sp³-hybridized carbons (Fsp3) is 0.577. The number of hydrogen-bond acceptors (Lipinski definition) is 8. The minimum Gasteiger partial charge on any atom is -0.507 e. The van der Waals surface area contributed by atoms with Crippen LogP contribution in [-0.2, 0) is 4.74 Å². The van der Waals surface area contributed by atoms with Crippen molar-refractivity contribution in [3.8, 4) is 17.0 Å². The van der Waals surface area contributed by atoms with Crippen LogP contribution in [0.1, 0.15) is 40.5 Å². The second-order valence-corrected chi connectivity index (χ2v) is 10.9. The van der Waals surface area contributed by atoms with Gasteiger partial charge in [-0.25, -0.2) is 4.79 Å². The lowest BCUT2D eigenvalue weighted by Gasteiger charge is -2.51. The number of para-hydroxylation sites is 1. The van der Waals surface area contributed by atoms with Crippen LogP contribution in [0.25, 0.3) is 11.3 Å². The van der Waals surface area contributed by atoms with Crippen molar-refractivity contribution in [1.29, 1.82) is 0 Å². The van der Waals surface area contributed by atoms with Crippen LogP contribution in [0, 0.1) is 0 Å². The van der Waals surface area contributed by atoms with Crippen LogP contribution in [0.4, 0.5) is 16.3 Å². The molecule has 3 aliphatic heterocycles. The van der Waals surface area contributed by atoms with Gasteiger partial charge in [0, 0.05) is 50.4 Å². The van der Waals surface area contributed by atoms with Crippen LogP contribution in [0.5, 0.6) is 5.75 Å². The molecule has 2 fully saturated rings. The number of amides is 1. The van der Waals surface area contributed by atoms with E-state index in [-0.39, 0.29) is 17.9 Å². The number of carbonyl (C=O) groups excluding carboxylic acids is 1. The van der Waals surface area contributed by atoms with Crippen molar-refractivity contribution in [3.63, 3.8) is 0 Å². The number of benzene rings is 1. The monoisotopic (exact) mass is 480 g/mol. The number of piperazine rings is 1. The molecule has 2 atom stereocenters. The summed E-state index contributed by atoms with van der Waals surface area (Å²) in [5.41, 5.74) is 1.94. The summed E-state index contributed by atoms with van der Waals surface area (Å²) in [6.45, 7) is 12.2. The zero-order chi connectivity index (χ0) is 24.7. The molecular weight excluding hydrogens is 444 g/mol. The summed E-state index contributed by atoms with van der Waals surface area (Å²) in [7, 11) is 0. The summed E-state index contributed by atoms with van der Waals surface area (Å²) < 4.78 is 5.56. The number of nitrogens with zero attached hydrogens (tertiary/aromatic N) is 5. The molecule has 9 heteroatoms. The predicted octanol–water partition coefficient (Wildman–Crippen LogP) is 3.55. The van der Waals surface area contributed by atoms with Gasteiger partial charge in [0.25, 0.3) is 0 Å². The first-order valence-corrected chi connectivity index (χ1v) is 12.6. The molecule has 0 spiro atoms. The number of phenolic OH excluding ortho intramolecular Hbond substituents is 1. The molecule has 5 rings (SSSR count). The van der Waals surface area contributed by atoms with Gasteiger partial charge in [-0.2, -0.15) is 0 Å². The Balaban J connectivity index is 1.26. The molecule has 9 nitrogen and oxygen atoms in total. The van der Waals surface area contributed by atoms with E-state index < -0.39 is 5.60 Å². The van der Waals surface area contributed by atoms with Crippen molar-refractivity contribution < 1.29 is 14.6 Å². The number of rotatable bonds is 2. The first kappa shape index (κ1) is 23.7. The van der Waals surface area contributed by atoms with Gasteiger partial charge >= 0.3 is 6.09 Å². The zero-order valence-electron chi connectivity index (χ0n) is 21.1. The highest BCUT2D eigenvalue weighted by Gasteiger charge is 2.40. The number of likely N-dealkylation sites (tertiary alicyclic amines) is 1. The zero-order valence-corrected chi connectivity index (χ0v) is 21.1. The van der Waals surface area contributed by atoms with Crippen molar-refractivity contribution in [1.82, 2.24) is 20.0 Å². The molecule has 2 N–H and O–H groups in total. The lowest BCUT2D eigenvalue weighted by molar-refractivity contribution is 0.0129. The van der Waals surface area contributed by atoms with E-state index >= 15 is 0 Å². The SMILES string of the molecule is C[C@@H]1Nc2nnc(-c3ccccc3O)cc2N2CCN(C3CCN(C(=O)OC(C)(C)C)CC3)C[C@@H]12. The Bertz CT molecular complexity index is 1080. The highest BCUT2D eigenvalue weighted by molar-refractivity contribution is 5.77. The molecule has 1 aromatic heterocycles. The average molecular weight is 481 g/mol. The Hall–Kier alpha value is -3.07. The second kappa shape index (κ2) is 9.18. The highest BCUT2D eigenvalue weighted by Crippen LogP contribution is 2.38. The average Bonchev–Trinajstić information content (AvgIpc) is 2.83. The van der Waals surface area contributed by atoms with Crippen LogP contribution in [0.2, 0.25) is 0 Å². The van der Waals surface area contributed by atoms with E-state index in [0.717, 1.165) is 57.1 Å². The van der Waals surface area contributed by atoms with E-state index in [1.54, 1.807) is 12.1 Å². The number of fused-ring (bicyclic) bond motifs is 3. The molecule has 0 radical (unpaired) electrons. The number of aromatic nitrogens is 2. The van der Waals surface area contributed by atoms with Crippen LogP contribution in [0.15, 0.2) is 30.3 Å². The first-order valence-electron chi connectivity index (χ1n) is 12.6. The van der Waals surface area contributed by atoms with E-state index in [0.29, 0.717) is 23.3 Å². The van der Waals surface area contributed by atoms with E-state index in [4.69, 9.17) is 4.74 Å². The number of phenols is 1. The summed E-state index contributed by atoms with van der Waals surface area (Å²) in [4.78, 5) is 19.3. The van der Waals surface area contributed by atoms with Crippen LogP contribution in [0.3, 0.4) is 0 Å². The van der Waals surface area contributed by atoms with Gasteiger partial charge in [-0.3, -0.25) is 4.90 Å². The Labute approximate surface area is 207 Å². The molecule has 2 saturated heterocycles. The first-order chi connectivity index (χ1) is 16.7. The summed E-state index contributed by atoms with van der Waals surface area (Å²) in [5, 5.41) is 22.7. The predicted molar refractivity (Wildman–Crippen MR) is 136 cm³/mol. The van der Waals surface area contributed by atoms with Crippen molar-refractivity contribution in [3.05, 3.63) is 30.3 Å². The third-order valence-electron chi connectivity index (χ3n) is 7.29. The smallest absolute Gasteiger partial charge is 0.410 e. The molecule has 188 valence electrons. The van der Waals surface area contributed by atoms with Gasteiger partial charge in [-0.15, -0.1) is 10.2 Å². The van der Waals surface area contributed by atoms with Crippen LogP contribution in [-0.4, -0.2) is 87.6 Å². The van der Waals surface area contributed by atoms with Gasteiger partial charge < -0.3 is 25.0 Å². The summed E-state index contributed by atoms with van der Waals surface area (Å²) in [5.74, 6) is 1.00. The van der Waals surface area contributed by atoms with E-state index in [2.05, 4.69) is 32.2 Å². The van der Waals surface area contributed by atoms with Gasteiger partial charge in [0.05, 0.1) is 17.4 Å². The largest absolute Gasteiger partial charge is 0.507 e. The molecule has 3 aliphatic rings. The summed E-state index contributed by atoms with van der Waals surface area (Å²) in [6, 6.07) is 10.3. The normalized spacial score (nSPS) is 23.3. The van der Waals surface area contributed by atoms with E-state index in [1.165, 1.54) is 0 Å². The Morgan fingerprint density at radius 2 is 1.86 bits per heavy atom. The molecule has 35 heavy (non-hydrogen) atoms. The fourth-order valence-corrected chi connectivity index (χ4v) is 5.47. The van der Waals surface area contributed by atoms with Crippen LogP contribution < -0.4 is 10.2 Å². The lowest BCUT2D eigenvalue weighted by Crippen LogP contribution is -2.63. The van der Waals surface area contributed by atoms with E-state index in [1.807, 2.05) is 43.9 Å². The van der Waals surface area contributed by atoms with E-state index in [9.17, 15) is 9.90 Å². The molecule has 0 saturated carbocycles. The second-order valence-electron chi connectivity index (χ2n) is 10.9. The number of nitrogens with one attached hydrogen (secondary N) is 1. The maximum absolute atomic E-state index is 12.4. The molecule has 1 amide bonds. The third-order valence-corrected chi connectivity index (χ3v) is 7.29. The molecule has 2 aromatic rings. The third kappa shape index (κ3) is 4.87. The minimum atomic E-state index is -0.464. The topological polar surface area (TPSA) is 94.1 Å². The van der Waals surface area contributed by atoms with Gasteiger partial charge in [-0.05, 0) is 58.7 Å². The summed E-state index contributed by atoms with van der Waals surface area (Å²) >= 11 is 0. The quantitative estimate of drug-likeness (QED) is 0.674. The molecular formula is C26H36N6O3. The van der Waals surface area contributed by atoms with Gasteiger partial charge in [0.15, 0.2) is 5.82 Å². The molecule has 0 unspecified atom stereocenters. The number of carbonyl (C=O) groups is 1. The molecule has 1 aromatic carbocycles. The lowest BCUT2D eigenvalue weighted by atomic mass is 9.96. The van der Waals surface area contributed by atoms with Gasteiger partial charge in [0.1, 0.15) is 11.4 Å². The number of piperidine rings is 1. The standard InChI is InChI=1S/C26H36N6O3/c1-17-22-16-31(18-9-11-30(12-10-18)25(34)35-26(2,3)4)13-14-32(22)21-15-20(28-29-24(21)27-17)19-7-5-6-8-23(19)33/h5-8,15,17-18,22,33H,9-14,16H2,1-4H3,(H,27,29)/t17-,22-/m0/s1. The minimum absolute atomic E-state index is 0.205. The molecule has 0 aliphatic carbocycles. The molecule has 4 heterocycles. The maximum Gasteiger partial charge on any atom is 0.410 e. The number of ether oxygens (including phenoxy) is 1.